The fraction of sp³-hybridized carbons (Fsp3) is 0.0690. The minimum absolute atomic E-state index is 0.209. The van der Waals surface area contributed by atoms with Crippen molar-refractivity contribution in [3.63, 3.8) is 0 Å². The molecular weight excluding hydrogens is 422 g/mol. The van der Waals surface area contributed by atoms with Crippen molar-refractivity contribution < 1.29 is 4.74 Å². The van der Waals surface area contributed by atoms with Gasteiger partial charge in [-0.2, -0.15) is 9.78 Å². The van der Waals surface area contributed by atoms with Crippen molar-refractivity contribution in [3.8, 4) is 17.1 Å². The van der Waals surface area contributed by atoms with Crippen molar-refractivity contribution in [3.05, 3.63) is 130 Å². The van der Waals surface area contributed by atoms with Gasteiger partial charge >= 0.3 is 0 Å². The van der Waals surface area contributed by atoms with Crippen LogP contribution in [0.5, 0.6) is 5.75 Å². The molecule has 0 amide bonds. The van der Waals surface area contributed by atoms with E-state index in [1.54, 1.807) is 12.3 Å². The van der Waals surface area contributed by atoms with E-state index in [-0.39, 0.29) is 5.56 Å². The first-order valence-corrected chi connectivity index (χ1v) is 11.1. The molecule has 0 N–H and O–H groups in total. The van der Waals surface area contributed by atoms with Crippen LogP contribution in [0.25, 0.3) is 22.3 Å². The largest absolute Gasteiger partial charge is 0.489 e. The number of nitrogens with zero attached hydrogens (tertiary/aromatic N) is 3. The standard InChI is InChI=1S/C29H23N3O2/c1-21-11-13-23(14-12-21)20-34-25-17-15-22(16-18-25)19-30-32-28(24-7-3-2-4-8-24)31-27-10-6-5-9-26(27)29(32)33/h2-19H,20H2,1H3. The first kappa shape index (κ1) is 21.3. The van der Waals surface area contributed by atoms with Crippen LogP contribution in [0.3, 0.4) is 0 Å². The van der Waals surface area contributed by atoms with Crippen molar-refractivity contribution in [1.29, 1.82) is 0 Å². The monoisotopic (exact) mass is 445 g/mol. The van der Waals surface area contributed by atoms with Crippen LogP contribution in [0.1, 0.15) is 16.7 Å². The van der Waals surface area contributed by atoms with E-state index in [1.165, 1.54) is 10.2 Å². The SMILES string of the molecule is Cc1ccc(COc2ccc(C=Nn3c(-c4ccccc4)nc4ccccc4c3=O)cc2)cc1. The quantitative estimate of drug-likeness (QED) is 0.309. The van der Waals surface area contributed by atoms with E-state index in [0.29, 0.717) is 23.3 Å². The topological polar surface area (TPSA) is 56.5 Å². The Morgan fingerprint density at radius 1 is 0.853 bits per heavy atom. The van der Waals surface area contributed by atoms with Gasteiger partial charge in [-0.25, -0.2) is 4.98 Å². The molecular formula is C29H23N3O2. The van der Waals surface area contributed by atoms with Crippen molar-refractivity contribution in [2.75, 3.05) is 0 Å². The Morgan fingerprint density at radius 3 is 2.32 bits per heavy atom. The maximum atomic E-state index is 13.2. The molecule has 0 aliphatic carbocycles. The molecule has 1 heterocycles. The van der Waals surface area contributed by atoms with E-state index < -0.39 is 0 Å². The van der Waals surface area contributed by atoms with E-state index in [0.717, 1.165) is 22.4 Å². The van der Waals surface area contributed by atoms with Gasteiger partial charge in [0.25, 0.3) is 5.56 Å². The minimum atomic E-state index is -0.209. The molecule has 0 radical (unpaired) electrons. The van der Waals surface area contributed by atoms with Crippen molar-refractivity contribution in [2.24, 2.45) is 5.10 Å². The maximum absolute atomic E-state index is 13.2. The molecule has 0 saturated heterocycles. The van der Waals surface area contributed by atoms with Gasteiger partial charge in [0.15, 0.2) is 5.82 Å². The molecule has 0 saturated carbocycles. The van der Waals surface area contributed by atoms with Crippen molar-refractivity contribution in [1.82, 2.24) is 9.66 Å². The highest BCUT2D eigenvalue weighted by atomic mass is 16.5. The van der Waals surface area contributed by atoms with Gasteiger partial charge in [-0.05, 0) is 54.4 Å². The van der Waals surface area contributed by atoms with Gasteiger partial charge in [0.1, 0.15) is 12.4 Å². The summed E-state index contributed by atoms with van der Waals surface area (Å²) in [6.45, 7) is 2.57. The molecule has 1 aromatic heterocycles. The lowest BCUT2D eigenvalue weighted by molar-refractivity contribution is 0.306. The van der Waals surface area contributed by atoms with Crippen LogP contribution in [0.2, 0.25) is 0 Å². The Hall–Kier alpha value is -4.51. The third-order valence-corrected chi connectivity index (χ3v) is 5.51. The first-order valence-electron chi connectivity index (χ1n) is 11.1. The summed E-state index contributed by atoms with van der Waals surface area (Å²) in [7, 11) is 0. The highest BCUT2D eigenvalue weighted by Gasteiger charge is 2.11. The molecule has 5 heteroatoms. The first-order chi connectivity index (χ1) is 16.7. The minimum Gasteiger partial charge on any atom is -0.489 e. The maximum Gasteiger partial charge on any atom is 0.282 e. The molecule has 5 aromatic rings. The van der Waals surface area contributed by atoms with Crippen LogP contribution in [0, 0.1) is 6.92 Å². The lowest BCUT2D eigenvalue weighted by atomic mass is 10.2. The van der Waals surface area contributed by atoms with Crippen molar-refractivity contribution >= 4 is 17.1 Å². The zero-order chi connectivity index (χ0) is 23.3. The number of fused-ring (bicyclic) bond motifs is 1. The predicted octanol–water partition coefficient (Wildman–Crippen LogP) is 5.83. The van der Waals surface area contributed by atoms with Gasteiger partial charge in [-0.1, -0.05) is 72.3 Å². The molecule has 0 aliphatic heterocycles. The van der Waals surface area contributed by atoms with E-state index in [1.807, 2.05) is 72.8 Å². The fourth-order valence-corrected chi connectivity index (χ4v) is 3.63. The van der Waals surface area contributed by atoms with E-state index in [2.05, 4.69) is 36.3 Å². The molecule has 166 valence electrons. The molecule has 0 spiro atoms. The third kappa shape index (κ3) is 4.64. The molecule has 5 nitrogen and oxygen atoms in total. The lowest BCUT2D eigenvalue weighted by Crippen LogP contribution is -2.20. The number of aromatic nitrogens is 2. The number of ether oxygens (including phenoxy) is 1. The van der Waals surface area contributed by atoms with Gasteiger partial charge in [0.05, 0.1) is 17.1 Å². The molecule has 34 heavy (non-hydrogen) atoms. The van der Waals surface area contributed by atoms with E-state index >= 15 is 0 Å². The van der Waals surface area contributed by atoms with Gasteiger partial charge in [-0.15, -0.1) is 0 Å². The van der Waals surface area contributed by atoms with Gasteiger partial charge in [-0.3, -0.25) is 4.79 Å². The fourth-order valence-electron chi connectivity index (χ4n) is 3.63. The van der Waals surface area contributed by atoms with Crippen LogP contribution in [-0.2, 0) is 6.61 Å². The van der Waals surface area contributed by atoms with Crippen LogP contribution >= 0.6 is 0 Å². The third-order valence-electron chi connectivity index (χ3n) is 5.51. The van der Waals surface area contributed by atoms with Crippen molar-refractivity contribution in [2.45, 2.75) is 13.5 Å². The summed E-state index contributed by atoms with van der Waals surface area (Å²) in [6.07, 6.45) is 1.66. The van der Waals surface area contributed by atoms with Crippen LogP contribution in [-0.4, -0.2) is 15.9 Å². The number of para-hydroxylation sites is 1. The summed E-state index contributed by atoms with van der Waals surface area (Å²) >= 11 is 0. The summed E-state index contributed by atoms with van der Waals surface area (Å²) in [5, 5.41) is 5.04. The second-order valence-corrected chi connectivity index (χ2v) is 8.02. The van der Waals surface area contributed by atoms with E-state index in [4.69, 9.17) is 9.72 Å². The zero-order valence-corrected chi connectivity index (χ0v) is 18.8. The lowest BCUT2D eigenvalue weighted by Gasteiger charge is -2.09. The Balaban J connectivity index is 1.42. The zero-order valence-electron chi connectivity index (χ0n) is 18.8. The normalized spacial score (nSPS) is 11.2. The number of benzene rings is 4. The Kier molecular flexibility index (Phi) is 5.99. The average Bonchev–Trinajstić information content (AvgIpc) is 2.89. The second-order valence-electron chi connectivity index (χ2n) is 8.02. The summed E-state index contributed by atoms with van der Waals surface area (Å²) in [4.78, 5) is 17.9. The summed E-state index contributed by atoms with van der Waals surface area (Å²) in [6, 6.07) is 32.8. The molecule has 4 aromatic carbocycles. The number of rotatable bonds is 6. The van der Waals surface area contributed by atoms with Crippen LogP contribution in [0.15, 0.2) is 113 Å². The highest BCUT2D eigenvalue weighted by Crippen LogP contribution is 2.19. The number of aryl methyl sites for hydroxylation is 1. The molecule has 0 atom stereocenters. The molecule has 0 bridgehead atoms. The average molecular weight is 446 g/mol. The van der Waals surface area contributed by atoms with Crippen LogP contribution < -0.4 is 10.3 Å². The predicted molar refractivity (Wildman–Crippen MR) is 136 cm³/mol. The number of hydrogen-bond acceptors (Lipinski definition) is 4. The molecule has 0 fully saturated rings. The Bertz CT molecular complexity index is 1500. The molecule has 0 unspecified atom stereocenters. The Labute approximate surface area is 197 Å². The van der Waals surface area contributed by atoms with Crippen LogP contribution in [0.4, 0.5) is 0 Å². The number of hydrogen-bond donors (Lipinski definition) is 0. The highest BCUT2D eigenvalue weighted by molar-refractivity contribution is 5.82. The smallest absolute Gasteiger partial charge is 0.282 e. The summed E-state index contributed by atoms with van der Waals surface area (Å²) in [5.41, 5.74) is 4.45. The molecule has 5 rings (SSSR count). The summed E-state index contributed by atoms with van der Waals surface area (Å²) in [5.74, 6) is 1.27. The van der Waals surface area contributed by atoms with Gasteiger partial charge in [0.2, 0.25) is 0 Å². The van der Waals surface area contributed by atoms with Gasteiger partial charge in [0, 0.05) is 5.56 Å². The Morgan fingerprint density at radius 2 is 1.56 bits per heavy atom. The van der Waals surface area contributed by atoms with Gasteiger partial charge < -0.3 is 4.74 Å². The van der Waals surface area contributed by atoms with E-state index in [9.17, 15) is 4.79 Å². The molecule has 0 aliphatic rings. The second kappa shape index (κ2) is 9.55. The summed E-state index contributed by atoms with van der Waals surface area (Å²) < 4.78 is 7.24.